The summed E-state index contributed by atoms with van der Waals surface area (Å²) in [5.74, 6) is 0.628. The van der Waals surface area contributed by atoms with Gasteiger partial charge in [-0.25, -0.2) is 9.48 Å². The highest BCUT2D eigenvalue weighted by Gasteiger charge is 2.39. The van der Waals surface area contributed by atoms with Crippen molar-refractivity contribution >= 4 is 23.6 Å². The fraction of sp³-hybridized carbons (Fsp3) is 0.250. The van der Waals surface area contributed by atoms with E-state index in [0.29, 0.717) is 35.9 Å². The number of aromatic nitrogens is 3. The van der Waals surface area contributed by atoms with Crippen molar-refractivity contribution in [3.8, 4) is 11.5 Å². The third-order valence-corrected chi connectivity index (χ3v) is 6.29. The molecular formula is C24H23N5O5. The molecule has 1 aliphatic heterocycles. The fourth-order valence-electron chi connectivity index (χ4n) is 4.69. The van der Waals surface area contributed by atoms with Crippen LogP contribution in [0.3, 0.4) is 0 Å². The van der Waals surface area contributed by atoms with Gasteiger partial charge in [0.1, 0.15) is 6.04 Å². The molecular weight excluding hydrogens is 438 g/mol. The molecule has 0 radical (unpaired) electrons. The topological polar surface area (TPSA) is 142 Å². The Morgan fingerprint density at radius 2 is 1.79 bits per heavy atom. The first-order valence-electron chi connectivity index (χ1n) is 10.7. The van der Waals surface area contributed by atoms with E-state index in [4.69, 9.17) is 15.2 Å². The van der Waals surface area contributed by atoms with E-state index in [-0.39, 0.29) is 23.2 Å². The molecule has 0 bridgehead atoms. The zero-order valence-electron chi connectivity index (χ0n) is 18.6. The largest absolute Gasteiger partial charge is 0.493 e. The van der Waals surface area contributed by atoms with Gasteiger partial charge >= 0.3 is 5.97 Å². The minimum atomic E-state index is -1.02. The van der Waals surface area contributed by atoms with E-state index in [2.05, 4.69) is 15.4 Å². The molecule has 10 nitrogen and oxygen atoms in total. The highest BCUT2D eigenvalue weighted by atomic mass is 16.5. The Bertz CT molecular complexity index is 1330. The van der Waals surface area contributed by atoms with Crippen molar-refractivity contribution in [1.82, 2.24) is 14.8 Å². The smallest absolute Gasteiger partial charge is 0.335 e. The number of nitrogen functional groups attached to an aromatic ring is 1. The molecule has 1 aromatic heterocycles. The van der Waals surface area contributed by atoms with Crippen LogP contribution in [0.25, 0.3) is 0 Å². The Morgan fingerprint density at radius 3 is 2.47 bits per heavy atom. The molecule has 4 N–H and O–H groups in total. The second kappa shape index (κ2) is 8.22. The van der Waals surface area contributed by atoms with Crippen LogP contribution in [-0.2, 0) is 4.79 Å². The maximum atomic E-state index is 13.5. The lowest BCUT2D eigenvalue weighted by atomic mass is 9.78. The highest BCUT2D eigenvalue weighted by molar-refractivity contribution is 6.00. The number of rotatable bonds is 5. The number of anilines is 2. The number of carboxylic acid groups (broad SMARTS) is 1. The van der Waals surface area contributed by atoms with Gasteiger partial charge in [0.25, 0.3) is 0 Å². The summed E-state index contributed by atoms with van der Waals surface area (Å²) in [6.07, 6.45) is 0.881. The SMILES string of the molecule is COc1ccc([C@@H]2CC(=O)C3=C(C2)Nc2nc(N)nn2[C@@H]3c2ccc(C(=O)O)cc2)cc1OC. The van der Waals surface area contributed by atoms with Gasteiger partial charge in [-0.3, -0.25) is 4.79 Å². The quantitative estimate of drug-likeness (QED) is 0.523. The van der Waals surface area contributed by atoms with Crippen molar-refractivity contribution in [3.63, 3.8) is 0 Å². The van der Waals surface area contributed by atoms with Crippen LogP contribution in [0.4, 0.5) is 11.9 Å². The van der Waals surface area contributed by atoms with Gasteiger partial charge in [-0.1, -0.05) is 18.2 Å². The average molecular weight is 461 g/mol. The van der Waals surface area contributed by atoms with Crippen molar-refractivity contribution in [1.29, 1.82) is 0 Å². The molecule has 2 aromatic carbocycles. The van der Waals surface area contributed by atoms with Gasteiger partial charge in [0.2, 0.25) is 11.9 Å². The van der Waals surface area contributed by atoms with Gasteiger partial charge in [0.05, 0.1) is 19.8 Å². The Balaban J connectivity index is 1.56. The Morgan fingerprint density at radius 1 is 1.09 bits per heavy atom. The van der Waals surface area contributed by atoms with Gasteiger partial charge in [-0.2, -0.15) is 4.98 Å². The molecule has 2 atom stereocenters. The molecule has 2 aliphatic rings. The second-order valence-electron chi connectivity index (χ2n) is 8.23. The molecule has 34 heavy (non-hydrogen) atoms. The molecule has 174 valence electrons. The summed E-state index contributed by atoms with van der Waals surface area (Å²) in [5.41, 5.74) is 9.06. The first-order valence-corrected chi connectivity index (χ1v) is 10.7. The van der Waals surface area contributed by atoms with E-state index in [1.54, 1.807) is 31.0 Å². The molecule has 10 heteroatoms. The van der Waals surface area contributed by atoms with E-state index in [9.17, 15) is 14.7 Å². The second-order valence-corrected chi connectivity index (χ2v) is 8.23. The lowest BCUT2D eigenvalue weighted by molar-refractivity contribution is -0.116. The number of aromatic carboxylic acids is 1. The van der Waals surface area contributed by atoms with Crippen molar-refractivity contribution in [3.05, 3.63) is 70.4 Å². The lowest BCUT2D eigenvalue weighted by Gasteiger charge is -2.35. The van der Waals surface area contributed by atoms with Crippen LogP contribution in [-0.4, -0.2) is 45.8 Å². The minimum absolute atomic E-state index is 0.0273. The zero-order valence-corrected chi connectivity index (χ0v) is 18.6. The molecule has 0 saturated carbocycles. The number of nitrogens with two attached hydrogens (primary N) is 1. The van der Waals surface area contributed by atoms with Gasteiger partial charge in [0, 0.05) is 17.7 Å². The number of hydrogen-bond donors (Lipinski definition) is 3. The number of carboxylic acids is 1. The summed E-state index contributed by atoms with van der Waals surface area (Å²) >= 11 is 0. The van der Waals surface area contributed by atoms with E-state index in [0.717, 1.165) is 16.8 Å². The predicted molar refractivity (Wildman–Crippen MR) is 123 cm³/mol. The van der Waals surface area contributed by atoms with E-state index in [1.807, 2.05) is 18.2 Å². The molecule has 2 heterocycles. The van der Waals surface area contributed by atoms with Crippen LogP contribution in [0.2, 0.25) is 0 Å². The molecule has 1 aliphatic carbocycles. The number of nitrogens with one attached hydrogen (secondary N) is 1. The number of Topliss-reactive ketones (excluding diaryl/α,β-unsaturated/α-hetero) is 1. The summed E-state index contributed by atoms with van der Waals surface area (Å²) in [4.78, 5) is 29.1. The van der Waals surface area contributed by atoms with Crippen LogP contribution in [0, 0.1) is 0 Å². The standard InChI is InChI=1S/C24H23N5O5/c1-33-18-8-7-14(11-19(18)34-2)15-9-16-20(17(30)10-15)21(29-24(26-16)27-23(25)28-29)12-3-5-13(6-4-12)22(31)32/h3-8,11,15,21H,9-10H2,1-2H3,(H,31,32)(H3,25,26,27,28)/t15-,21+/m0/s1. The van der Waals surface area contributed by atoms with Crippen molar-refractivity contribution in [2.75, 3.05) is 25.3 Å². The number of hydrogen-bond acceptors (Lipinski definition) is 8. The van der Waals surface area contributed by atoms with Gasteiger partial charge in [-0.05, 0) is 47.7 Å². The number of fused-ring (bicyclic) bond motifs is 1. The van der Waals surface area contributed by atoms with Crippen molar-refractivity contribution < 1.29 is 24.2 Å². The summed E-state index contributed by atoms with van der Waals surface area (Å²) in [5, 5.41) is 16.8. The highest BCUT2D eigenvalue weighted by Crippen LogP contribution is 2.45. The van der Waals surface area contributed by atoms with Gasteiger partial charge in [0.15, 0.2) is 17.3 Å². The van der Waals surface area contributed by atoms with Crippen molar-refractivity contribution in [2.24, 2.45) is 0 Å². The predicted octanol–water partition coefficient (Wildman–Crippen LogP) is 2.99. The van der Waals surface area contributed by atoms with Crippen LogP contribution < -0.4 is 20.5 Å². The van der Waals surface area contributed by atoms with Crippen LogP contribution >= 0.6 is 0 Å². The summed E-state index contributed by atoms with van der Waals surface area (Å²) in [7, 11) is 3.16. The first kappa shape index (κ1) is 21.5. The number of allylic oxidation sites excluding steroid dienone is 2. The molecule has 0 unspecified atom stereocenters. The summed E-state index contributed by atoms with van der Waals surface area (Å²) in [6, 6.07) is 11.5. The third-order valence-electron chi connectivity index (χ3n) is 6.29. The average Bonchev–Trinajstić information content (AvgIpc) is 3.21. The number of nitrogens with zero attached hydrogens (tertiary/aromatic N) is 3. The molecule has 5 rings (SSSR count). The fourth-order valence-corrected chi connectivity index (χ4v) is 4.69. The first-order chi connectivity index (χ1) is 16.4. The van der Waals surface area contributed by atoms with Crippen LogP contribution in [0.1, 0.15) is 46.3 Å². The van der Waals surface area contributed by atoms with Gasteiger partial charge in [-0.15, -0.1) is 5.10 Å². The zero-order chi connectivity index (χ0) is 24.0. The minimum Gasteiger partial charge on any atom is -0.493 e. The van der Waals surface area contributed by atoms with Crippen molar-refractivity contribution in [2.45, 2.75) is 24.8 Å². The third kappa shape index (κ3) is 3.53. The monoisotopic (exact) mass is 461 g/mol. The van der Waals surface area contributed by atoms with E-state index >= 15 is 0 Å². The Kier molecular flexibility index (Phi) is 5.20. The number of methoxy groups -OCH3 is 2. The molecule has 0 fully saturated rings. The molecule has 0 amide bonds. The summed E-state index contributed by atoms with van der Waals surface area (Å²) in [6.45, 7) is 0. The Labute approximate surface area is 195 Å². The number of carbonyl (C=O) groups excluding carboxylic acids is 1. The number of ether oxygens (including phenoxy) is 2. The number of benzene rings is 2. The normalized spacial score (nSPS) is 19.2. The molecule has 0 saturated heterocycles. The molecule has 3 aromatic rings. The summed E-state index contributed by atoms with van der Waals surface area (Å²) < 4.78 is 12.4. The lowest BCUT2D eigenvalue weighted by Crippen LogP contribution is -2.33. The number of carbonyl (C=O) groups is 2. The van der Waals surface area contributed by atoms with E-state index in [1.165, 1.54) is 12.1 Å². The van der Waals surface area contributed by atoms with E-state index < -0.39 is 12.0 Å². The molecule has 0 spiro atoms. The van der Waals surface area contributed by atoms with Crippen LogP contribution in [0.5, 0.6) is 11.5 Å². The number of ketones is 1. The Hall–Kier alpha value is -4.34. The maximum absolute atomic E-state index is 13.5. The van der Waals surface area contributed by atoms with Crippen LogP contribution in [0.15, 0.2) is 53.7 Å². The van der Waals surface area contributed by atoms with Gasteiger partial charge < -0.3 is 25.6 Å². The maximum Gasteiger partial charge on any atom is 0.335 e.